The molecule has 0 aromatic heterocycles. The van der Waals surface area contributed by atoms with Crippen LogP contribution >= 0.6 is 0 Å². The Labute approximate surface area is 150 Å². The Morgan fingerprint density at radius 1 is 1.35 bits per heavy atom. The van der Waals surface area contributed by atoms with Crippen molar-refractivity contribution in [1.82, 2.24) is 10.2 Å². The second-order valence-electron chi connectivity index (χ2n) is 6.58. The summed E-state index contributed by atoms with van der Waals surface area (Å²) in [4.78, 5) is 17.6. The highest BCUT2D eigenvalue weighted by Gasteiger charge is 2.43. The van der Waals surface area contributed by atoms with E-state index in [2.05, 4.69) is 10.3 Å². The molecule has 1 aromatic carbocycles. The normalized spacial score (nSPS) is 18.7. The van der Waals surface area contributed by atoms with Gasteiger partial charge in [-0.05, 0) is 18.4 Å². The van der Waals surface area contributed by atoms with E-state index in [-0.39, 0.29) is 18.7 Å². The largest absolute Gasteiger partial charge is 0.396 e. The first-order valence-corrected chi connectivity index (χ1v) is 8.51. The summed E-state index contributed by atoms with van der Waals surface area (Å²) >= 11 is 0. The lowest BCUT2D eigenvalue weighted by Crippen LogP contribution is -2.51. The number of nitrogens with one attached hydrogen (secondary N) is 1. The number of hydrogen-bond acceptors (Lipinski definition) is 3. The van der Waals surface area contributed by atoms with Crippen LogP contribution in [0, 0.1) is 0 Å². The molecule has 0 radical (unpaired) electrons. The Hall–Kier alpha value is -2.09. The fraction of sp³-hybridized carbons (Fsp3) is 0.556. The van der Waals surface area contributed by atoms with Crippen molar-refractivity contribution in [2.24, 2.45) is 4.99 Å². The van der Waals surface area contributed by atoms with Gasteiger partial charge >= 0.3 is 6.18 Å². The maximum Gasteiger partial charge on any atom is 0.396 e. The average molecular weight is 371 g/mol. The third-order valence-corrected chi connectivity index (χ3v) is 4.67. The molecule has 1 amide bonds. The summed E-state index contributed by atoms with van der Waals surface area (Å²) in [5.74, 6) is -2.36. The van der Waals surface area contributed by atoms with Crippen molar-refractivity contribution in [1.29, 1.82) is 0 Å². The number of amides is 1. The van der Waals surface area contributed by atoms with Crippen LogP contribution in [0.15, 0.2) is 35.3 Å². The summed E-state index contributed by atoms with van der Waals surface area (Å²) in [5, 5.41) is 13.3. The predicted molar refractivity (Wildman–Crippen MR) is 93.0 cm³/mol. The Balaban J connectivity index is 1.97. The fourth-order valence-electron chi connectivity index (χ4n) is 3.09. The van der Waals surface area contributed by atoms with Crippen LogP contribution in [0.2, 0.25) is 0 Å². The van der Waals surface area contributed by atoms with Crippen LogP contribution in [-0.2, 0) is 4.79 Å². The van der Waals surface area contributed by atoms with Crippen LogP contribution < -0.4 is 5.32 Å². The maximum atomic E-state index is 13.4. The van der Waals surface area contributed by atoms with Gasteiger partial charge in [0.05, 0.1) is 17.9 Å². The Bertz CT molecular complexity index is 612. The second-order valence-corrected chi connectivity index (χ2v) is 6.58. The van der Waals surface area contributed by atoms with Crippen molar-refractivity contribution in [3.63, 3.8) is 0 Å². The van der Waals surface area contributed by atoms with Crippen LogP contribution in [0.4, 0.5) is 13.2 Å². The van der Waals surface area contributed by atoms with Crippen LogP contribution in [0.5, 0.6) is 0 Å². The van der Waals surface area contributed by atoms with Gasteiger partial charge in [-0.25, -0.2) is 0 Å². The predicted octanol–water partition coefficient (Wildman–Crippen LogP) is 2.32. The van der Waals surface area contributed by atoms with Gasteiger partial charge in [0.25, 0.3) is 0 Å². The summed E-state index contributed by atoms with van der Waals surface area (Å²) in [7, 11) is 1.60. The lowest BCUT2D eigenvalue weighted by molar-refractivity contribution is -0.162. The van der Waals surface area contributed by atoms with Crippen LogP contribution in [0.1, 0.15) is 30.7 Å². The average Bonchev–Trinajstić information content (AvgIpc) is 2.60. The van der Waals surface area contributed by atoms with E-state index in [0.717, 1.165) is 0 Å². The molecule has 1 heterocycles. The minimum Gasteiger partial charge on any atom is -0.388 e. The van der Waals surface area contributed by atoms with E-state index in [1.165, 1.54) is 35.5 Å². The third-order valence-electron chi connectivity index (χ3n) is 4.67. The fourth-order valence-corrected chi connectivity index (χ4v) is 3.09. The van der Waals surface area contributed by atoms with E-state index in [1.807, 2.05) is 0 Å². The molecule has 1 aromatic rings. The lowest BCUT2D eigenvalue weighted by Gasteiger charge is -2.38. The monoisotopic (exact) mass is 371 g/mol. The minimum atomic E-state index is -4.49. The number of hydrogen-bond donors (Lipinski definition) is 2. The van der Waals surface area contributed by atoms with E-state index >= 15 is 0 Å². The summed E-state index contributed by atoms with van der Waals surface area (Å²) in [6.07, 6.45) is -3.01. The van der Waals surface area contributed by atoms with Crippen molar-refractivity contribution in [2.75, 3.05) is 26.7 Å². The number of benzene rings is 1. The number of aliphatic imine (C=N–C) groups is 1. The zero-order valence-corrected chi connectivity index (χ0v) is 14.7. The van der Waals surface area contributed by atoms with Gasteiger partial charge < -0.3 is 15.3 Å². The summed E-state index contributed by atoms with van der Waals surface area (Å²) in [6.45, 7) is 0.765. The number of carbonyl (C=O) groups is 1. The molecule has 8 heteroatoms. The van der Waals surface area contributed by atoms with E-state index in [4.69, 9.17) is 0 Å². The highest BCUT2D eigenvalue weighted by atomic mass is 19.4. The van der Waals surface area contributed by atoms with Crippen LogP contribution in [0.3, 0.4) is 0 Å². The van der Waals surface area contributed by atoms with Gasteiger partial charge in [-0.3, -0.25) is 9.79 Å². The number of halogens is 3. The molecule has 0 spiro atoms. The molecule has 1 aliphatic heterocycles. The minimum absolute atomic E-state index is 0.0879. The molecule has 26 heavy (non-hydrogen) atoms. The Morgan fingerprint density at radius 3 is 2.50 bits per heavy atom. The zero-order valence-electron chi connectivity index (χ0n) is 14.7. The first-order valence-electron chi connectivity index (χ1n) is 8.51. The topological polar surface area (TPSA) is 64.9 Å². The third kappa shape index (κ3) is 5.45. The first-order chi connectivity index (χ1) is 12.2. The van der Waals surface area contributed by atoms with Crippen molar-refractivity contribution in [2.45, 2.75) is 37.0 Å². The van der Waals surface area contributed by atoms with Gasteiger partial charge in [-0.15, -0.1) is 0 Å². The highest BCUT2D eigenvalue weighted by molar-refractivity contribution is 5.77. The smallest absolute Gasteiger partial charge is 0.388 e. The van der Waals surface area contributed by atoms with E-state index in [0.29, 0.717) is 19.4 Å². The molecule has 0 bridgehead atoms. The van der Waals surface area contributed by atoms with Gasteiger partial charge in [0.2, 0.25) is 5.91 Å². The molecule has 0 saturated carbocycles. The van der Waals surface area contributed by atoms with Crippen LogP contribution in [-0.4, -0.2) is 60.7 Å². The molecule has 2 N–H and O–H groups in total. The molecule has 1 atom stereocenters. The van der Waals surface area contributed by atoms with Gasteiger partial charge in [0.15, 0.2) is 0 Å². The van der Waals surface area contributed by atoms with Gasteiger partial charge in [0, 0.05) is 33.1 Å². The molecule has 1 aliphatic rings. The summed E-state index contributed by atoms with van der Waals surface area (Å²) in [6, 6.07) is 7.49. The highest BCUT2D eigenvalue weighted by Crippen LogP contribution is 2.38. The molecular weight excluding hydrogens is 347 g/mol. The quantitative estimate of drug-likeness (QED) is 0.596. The number of rotatable bonds is 6. The molecule has 5 nitrogen and oxygen atoms in total. The number of piperidine rings is 1. The summed E-state index contributed by atoms with van der Waals surface area (Å²) < 4.78 is 40.2. The van der Waals surface area contributed by atoms with E-state index < -0.39 is 30.0 Å². The van der Waals surface area contributed by atoms with Gasteiger partial charge in [-0.2, -0.15) is 13.2 Å². The summed E-state index contributed by atoms with van der Waals surface area (Å²) in [5.41, 5.74) is -0.897. The second kappa shape index (κ2) is 8.53. The molecule has 1 fully saturated rings. The van der Waals surface area contributed by atoms with Gasteiger partial charge in [0.1, 0.15) is 0 Å². The van der Waals surface area contributed by atoms with E-state index in [1.54, 1.807) is 13.1 Å². The number of likely N-dealkylation sites (tertiary alicyclic amines) is 1. The Kier molecular flexibility index (Phi) is 6.63. The SMILES string of the molecule is CN=CNCC1(O)CCN(C(=O)C[C@H](c2ccccc2)C(F)(F)F)CC1. The number of carbonyl (C=O) groups excluding carboxylic acids is 1. The van der Waals surface area contributed by atoms with Crippen molar-refractivity contribution in [3.8, 4) is 0 Å². The van der Waals surface area contributed by atoms with E-state index in [9.17, 15) is 23.1 Å². The number of nitrogens with zero attached hydrogens (tertiary/aromatic N) is 2. The van der Waals surface area contributed by atoms with Crippen LogP contribution in [0.25, 0.3) is 0 Å². The van der Waals surface area contributed by atoms with Crippen molar-refractivity contribution in [3.05, 3.63) is 35.9 Å². The maximum absolute atomic E-state index is 13.4. The molecule has 1 saturated heterocycles. The molecule has 0 aliphatic carbocycles. The molecule has 144 valence electrons. The number of alkyl halides is 3. The first kappa shape index (κ1) is 20.2. The molecular formula is C18H24F3N3O2. The van der Waals surface area contributed by atoms with Gasteiger partial charge in [-0.1, -0.05) is 30.3 Å². The standard InChI is InChI=1S/C18H24F3N3O2/c1-22-13-23-12-17(26)7-9-24(10-8-17)16(25)11-15(18(19,20)21)14-5-3-2-4-6-14/h2-6,13,15,26H,7-12H2,1H3,(H,22,23)/t15-/m1/s1. The Morgan fingerprint density at radius 2 is 1.96 bits per heavy atom. The molecule has 0 unspecified atom stereocenters. The molecule has 2 rings (SSSR count). The van der Waals surface area contributed by atoms with Crippen molar-refractivity contribution >= 4 is 12.2 Å². The lowest BCUT2D eigenvalue weighted by atomic mass is 9.90. The zero-order chi connectivity index (χ0) is 19.2. The van der Waals surface area contributed by atoms with Crippen molar-refractivity contribution < 1.29 is 23.1 Å². The number of aliphatic hydroxyl groups is 1.